The van der Waals surface area contributed by atoms with Gasteiger partial charge < -0.3 is 19.2 Å². The number of carbonyl (C=O) groups excluding carboxylic acids is 1. The van der Waals surface area contributed by atoms with Crippen LogP contribution in [-0.4, -0.2) is 32.3 Å². The highest BCUT2D eigenvalue weighted by Crippen LogP contribution is 2.24. The topological polar surface area (TPSA) is 77.8 Å². The molecule has 0 spiro atoms. The van der Waals surface area contributed by atoms with Gasteiger partial charge >= 0.3 is 5.63 Å². The number of hydrogen-bond donors (Lipinski definition) is 1. The summed E-state index contributed by atoms with van der Waals surface area (Å²) in [5, 5.41) is 3.73. The van der Waals surface area contributed by atoms with Gasteiger partial charge in [-0.25, -0.2) is 4.79 Å². The van der Waals surface area contributed by atoms with Crippen molar-refractivity contribution in [2.24, 2.45) is 0 Å². The Balaban J connectivity index is 1.68. The molecule has 1 aliphatic heterocycles. The molecule has 1 aromatic heterocycles. The van der Waals surface area contributed by atoms with Crippen LogP contribution in [0.4, 0.5) is 0 Å². The van der Waals surface area contributed by atoms with Crippen molar-refractivity contribution >= 4 is 16.9 Å². The van der Waals surface area contributed by atoms with Gasteiger partial charge in [0.15, 0.2) is 0 Å². The molecule has 1 amide bonds. The molecule has 25 heavy (non-hydrogen) atoms. The number of benzene rings is 1. The minimum Gasteiger partial charge on any atom is -0.497 e. The molecule has 0 aliphatic carbocycles. The minimum atomic E-state index is -0.398. The van der Waals surface area contributed by atoms with Gasteiger partial charge in [0.25, 0.3) is 0 Å². The maximum atomic E-state index is 12.3. The maximum absolute atomic E-state index is 12.3. The van der Waals surface area contributed by atoms with Crippen LogP contribution >= 0.6 is 0 Å². The molecule has 1 N–H and O–H groups in total. The van der Waals surface area contributed by atoms with Crippen LogP contribution in [0.5, 0.6) is 5.75 Å². The van der Waals surface area contributed by atoms with Crippen molar-refractivity contribution < 1.29 is 18.7 Å². The molecule has 1 aromatic carbocycles. The van der Waals surface area contributed by atoms with Crippen LogP contribution in [0.2, 0.25) is 0 Å². The van der Waals surface area contributed by atoms with Gasteiger partial charge in [0, 0.05) is 36.6 Å². The molecule has 2 aromatic rings. The zero-order valence-electron chi connectivity index (χ0n) is 14.6. The lowest BCUT2D eigenvalue weighted by atomic mass is 10.0. The first-order chi connectivity index (χ1) is 12.1. The molecule has 1 unspecified atom stereocenters. The highest BCUT2D eigenvalue weighted by molar-refractivity contribution is 5.82. The smallest absolute Gasteiger partial charge is 0.339 e. The summed E-state index contributed by atoms with van der Waals surface area (Å²) in [7, 11) is 1.57. The predicted octanol–water partition coefficient (Wildman–Crippen LogP) is 2.34. The molecule has 1 saturated heterocycles. The molecule has 6 heteroatoms. The minimum absolute atomic E-state index is 0.0795. The number of methoxy groups -OCH3 is 1. The van der Waals surface area contributed by atoms with Gasteiger partial charge in [-0.05, 0) is 43.9 Å². The molecule has 3 rings (SSSR count). The molecule has 1 aliphatic rings. The Morgan fingerprint density at radius 3 is 2.96 bits per heavy atom. The van der Waals surface area contributed by atoms with Crippen LogP contribution < -0.4 is 15.7 Å². The van der Waals surface area contributed by atoms with Crippen molar-refractivity contribution in [1.82, 2.24) is 5.32 Å². The van der Waals surface area contributed by atoms with Crippen LogP contribution in [0, 0.1) is 6.92 Å². The van der Waals surface area contributed by atoms with E-state index in [0.29, 0.717) is 29.9 Å². The molecule has 1 atom stereocenters. The summed E-state index contributed by atoms with van der Waals surface area (Å²) in [6.07, 6.45) is 2.75. The summed E-state index contributed by atoms with van der Waals surface area (Å²) in [5.74, 6) is 0.556. The van der Waals surface area contributed by atoms with E-state index < -0.39 is 5.63 Å². The fraction of sp³-hybridized carbons (Fsp3) is 0.474. The van der Waals surface area contributed by atoms with E-state index in [2.05, 4.69) is 5.32 Å². The van der Waals surface area contributed by atoms with Crippen molar-refractivity contribution in [3.63, 3.8) is 0 Å². The predicted molar refractivity (Wildman–Crippen MR) is 94.1 cm³/mol. The lowest BCUT2D eigenvalue weighted by Gasteiger charge is -2.11. The van der Waals surface area contributed by atoms with Crippen molar-refractivity contribution in [1.29, 1.82) is 0 Å². The molecular formula is C19H23NO5. The molecule has 0 bridgehead atoms. The van der Waals surface area contributed by atoms with Crippen LogP contribution in [0.1, 0.15) is 30.4 Å². The monoisotopic (exact) mass is 345 g/mol. The Morgan fingerprint density at radius 1 is 1.40 bits per heavy atom. The fourth-order valence-corrected chi connectivity index (χ4v) is 3.15. The van der Waals surface area contributed by atoms with E-state index in [0.717, 1.165) is 30.4 Å². The standard InChI is InChI=1S/C19H23NO5/c1-12-15-6-5-13(23-2)10-17(15)25-19(22)16(12)7-8-18(21)20-11-14-4-3-9-24-14/h5-6,10,14H,3-4,7-9,11H2,1-2H3,(H,20,21). The average Bonchev–Trinajstić information content (AvgIpc) is 3.12. The Bertz CT molecular complexity index is 820. The van der Waals surface area contributed by atoms with Gasteiger partial charge in [-0.1, -0.05) is 0 Å². The van der Waals surface area contributed by atoms with Gasteiger partial charge in [0.2, 0.25) is 5.91 Å². The van der Waals surface area contributed by atoms with Crippen LogP contribution in [0.15, 0.2) is 27.4 Å². The third kappa shape index (κ3) is 4.02. The Morgan fingerprint density at radius 2 is 2.24 bits per heavy atom. The van der Waals surface area contributed by atoms with Crippen molar-refractivity contribution in [2.75, 3.05) is 20.3 Å². The first-order valence-corrected chi connectivity index (χ1v) is 8.57. The van der Waals surface area contributed by atoms with E-state index in [-0.39, 0.29) is 18.4 Å². The van der Waals surface area contributed by atoms with Gasteiger partial charge in [-0.3, -0.25) is 4.79 Å². The zero-order valence-corrected chi connectivity index (χ0v) is 14.6. The number of ether oxygens (including phenoxy) is 2. The number of aryl methyl sites for hydroxylation is 1. The van der Waals surface area contributed by atoms with Crippen LogP contribution in [-0.2, 0) is 16.0 Å². The van der Waals surface area contributed by atoms with Crippen LogP contribution in [0.3, 0.4) is 0 Å². The number of fused-ring (bicyclic) bond motifs is 1. The summed E-state index contributed by atoms with van der Waals surface area (Å²) in [4.78, 5) is 24.3. The largest absolute Gasteiger partial charge is 0.497 e. The van der Waals surface area contributed by atoms with E-state index in [1.807, 2.05) is 19.1 Å². The van der Waals surface area contributed by atoms with Gasteiger partial charge in [-0.15, -0.1) is 0 Å². The summed E-state index contributed by atoms with van der Waals surface area (Å²) in [6, 6.07) is 5.39. The van der Waals surface area contributed by atoms with Crippen LogP contribution in [0.25, 0.3) is 11.0 Å². The Labute approximate surface area is 146 Å². The lowest BCUT2D eigenvalue weighted by Crippen LogP contribution is -2.32. The van der Waals surface area contributed by atoms with E-state index in [9.17, 15) is 9.59 Å². The quantitative estimate of drug-likeness (QED) is 0.813. The number of rotatable bonds is 6. The fourth-order valence-electron chi connectivity index (χ4n) is 3.15. The SMILES string of the molecule is COc1ccc2c(C)c(CCC(=O)NCC3CCCO3)c(=O)oc2c1. The van der Waals surface area contributed by atoms with Crippen molar-refractivity contribution in [3.05, 3.63) is 39.7 Å². The van der Waals surface area contributed by atoms with Gasteiger partial charge in [-0.2, -0.15) is 0 Å². The number of hydrogen-bond acceptors (Lipinski definition) is 5. The Hall–Kier alpha value is -2.34. The summed E-state index contributed by atoms with van der Waals surface area (Å²) < 4.78 is 16.0. The van der Waals surface area contributed by atoms with Gasteiger partial charge in [0.05, 0.1) is 13.2 Å². The van der Waals surface area contributed by atoms with E-state index in [1.165, 1.54) is 0 Å². The van der Waals surface area contributed by atoms with Gasteiger partial charge in [0.1, 0.15) is 11.3 Å². The first-order valence-electron chi connectivity index (χ1n) is 8.57. The highest BCUT2D eigenvalue weighted by Gasteiger charge is 2.17. The summed E-state index contributed by atoms with van der Waals surface area (Å²) in [6.45, 7) is 3.18. The van der Waals surface area contributed by atoms with E-state index >= 15 is 0 Å². The molecule has 0 saturated carbocycles. The zero-order chi connectivity index (χ0) is 17.8. The molecule has 6 nitrogen and oxygen atoms in total. The molecule has 1 fully saturated rings. The third-order valence-corrected chi connectivity index (χ3v) is 4.65. The Kier molecular flexibility index (Phi) is 5.38. The second-order valence-corrected chi connectivity index (χ2v) is 6.29. The first kappa shape index (κ1) is 17.5. The van der Waals surface area contributed by atoms with Crippen molar-refractivity contribution in [2.45, 2.75) is 38.7 Å². The average molecular weight is 345 g/mol. The number of amides is 1. The molecule has 134 valence electrons. The normalized spacial score (nSPS) is 17.0. The molecule has 2 heterocycles. The van der Waals surface area contributed by atoms with E-state index in [1.54, 1.807) is 13.2 Å². The number of nitrogens with one attached hydrogen (secondary N) is 1. The maximum Gasteiger partial charge on any atom is 0.339 e. The number of carbonyl (C=O) groups is 1. The highest BCUT2D eigenvalue weighted by atomic mass is 16.5. The lowest BCUT2D eigenvalue weighted by molar-refractivity contribution is -0.121. The second-order valence-electron chi connectivity index (χ2n) is 6.29. The van der Waals surface area contributed by atoms with Crippen molar-refractivity contribution in [3.8, 4) is 5.75 Å². The second kappa shape index (κ2) is 7.70. The molecule has 0 radical (unpaired) electrons. The molecular weight excluding hydrogens is 322 g/mol. The van der Waals surface area contributed by atoms with E-state index in [4.69, 9.17) is 13.9 Å². The summed E-state index contributed by atoms with van der Waals surface area (Å²) in [5.41, 5.74) is 1.49. The third-order valence-electron chi connectivity index (χ3n) is 4.65. The summed E-state index contributed by atoms with van der Waals surface area (Å²) >= 11 is 0.